The van der Waals surface area contributed by atoms with Gasteiger partial charge in [-0.3, -0.25) is 4.40 Å². The van der Waals surface area contributed by atoms with E-state index in [4.69, 9.17) is 5.11 Å². The average molecular weight is 322 g/mol. The largest absolute Gasteiger partial charge is 0.478 e. The number of benzene rings is 1. The Labute approximate surface area is 124 Å². The van der Waals surface area contributed by atoms with Crippen molar-refractivity contribution in [2.45, 2.75) is 10.6 Å². The normalized spacial score (nSPS) is 11.8. The molecule has 0 aliphatic heterocycles. The second-order valence-electron chi connectivity index (χ2n) is 4.42. The van der Waals surface area contributed by atoms with Crippen LogP contribution in [0.4, 0.5) is 0 Å². The van der Waals surface area contributed by atoms with E-state index < -0.39 is 15.8 Å². The lowest BCUT2D eigenvalue weighted by Crippen LogP contribution is -2.07. The summed E-state index contributed by atoms with van der Waals surface area (Å²) in [6.07, 6.45) is 3.46. The fraction of sp³-hybridized carbons (Fsp3) is 0.0769. The number of carboxylic acid groups (broad SMARTS) is 1. The minimum atomic E-state index is -3.63. The minimum Gasteiger partial charge on any atom is -0.478 e. The molecule has 0 unspecified atom stereocenters. The Balaban J connectivity index is 1.94. The van der Waals surface area contributed by atoms with Gasteiger partial charge >= 0.3 is 5.97 Å². The van der Waals surface area contributed by atoms with E-state index in [-0.39, 0.29) is 16.2 Å². The van der Waals surface area contributed by atoms with Gasteiger partial charge in [0.2, 0.25) is 0 Å². The molecule has 0 spiro atoms. The lowest BCUT2D eigenvalue weighted by molar-refractivity contribution is 0.0696. The Hall–Kier alpha value is -2.19. The number of imidazole rings is 1. The molecule has 6 nitrogen and oxygen atoms in total. The predicted molar refractivity (Wildman–Crippen MR) is 77.4 cm³/mol. The molecule has 0 amide bonds. The van der Waals surface area contributed by atoms with Crippen LogP contribution >= 0.6 is 11.3 Å². The standard InChI is InChI=1S/C13H10N2O4S2/c16-12(17)9-2-1-3-11(6-9)21(18,19)8-10-7-15-4-5-20-13(15)14-10/h1-7H,8H2,(H,16,17). The monoisotopic (exact) mass is 322 g/mol. The first-order valence-corrected chi connectivity index (χ1v) is 8.46. The van der Waals surface area contributed by atoms with Crippen LogP contribution in [-0.4, -0.2) is 28.9 Å². The Morgan fingerprint density at radius 2 is 2.19 bits per heavy atom. The highest BCUT2D eigenvalue weighted by Gasteiger charge is 2.19. The maximum absolute atomic E-state index is 12.3. The van der Waals surface area contributed by atoms with Crippen LogP contribution in [0.2, 0.25) is 0 Å². The van der Waals surface area contributed by atoms with Gasteiger partial charge in [-0.1, -0.05) is 6.07 Å². The van der Waals surface area contributed by atoms with Crippen molar-refractivity contribution < 1.29 is 18.3 Å². The van der Waals surface area contributed by atoms with Gasteiger partial charge in [-0.25, -0.2) is 18.2 Å². The van der Waals surface area contributed by atoms with E-state index in [1.165, 1.54) is 29.5 Å². The number of aromatic nitrogens is 2. The molecular formula is C13H10N2O4S2. The van der Waals surface area contributed by atoms with Crippen molar-refractivity contribution in [1.82, 2.24) is 9.38 Å². The molecule has 0 saturated heterocycles. The Kier molecular flexibility index (Phi) is 3.26. The fourth-order valence-corrected chi connectivity index (χ4v) is 3.95. The summed E-state index contributed by atoms with van der Waals surface area (Å²) in [5, 5.41) is 10.8. The topological polar surface area (TPSA) is 88.7 Å². The van der Waals surface area contributed by atoms with Gasteiger partial charge in [0.05, 0.1) is 21.9 Å². The highest BCUT2D eigenvalue weighted by atomic mass is 32.2. The van der Waals surface area contributed by atoms with E-state index in [0.717, 1.165) is 11.0 Å². The zero-order valence-electron chi connectivity index (χ0n) is 10.6. The molecule has 108 valence electrons. The number of thiazole rings is 1. The van der Waals surface area contributed by atoms with Crippen molar-refractivity contribution >= 4 is 32.1 Å². The first-order chi connectivity index (χ1) is 9.95. The van der Waals surface area contributed by atoms with Crippen molar-refractivity contribution in [2.24, 2.45) is 0 Å². The summed E-state index contributed by atoms with van der Waals surface area (Å²) in [7, 11) is -3.63. The summed E-state index contributed by atoms with van der Waals surface area (Å²) < 4.78 is 26.4. The maximum Gasteiger partial charge on any atom is 0.335 e. The predicted octanol–water partition coefficient (Wildman–Crippen LogP) is 2.07. The quantitative estimate of drug-likeness (QED) is 0.794. The van der Waals surface area contributed by atoms with Crippen LogP contribution in [-0.2, 0) is 15.6 Å². The number of carboxylic acids is 1. The van der Waals surface area contributed by atoms with E-state index in [1.54, 1.807) is 16.8 Å². The molecule has 2 heterocycles. The smallest absolute Gasteiger partial charge is 0.335 e. The van der Waals surface area contributed by atoms with Crippen LogP contribution in [0.25, 0.3) is 4.96 Å². The molecule has 21 heavy (non-hydrogen) atoms. The Morgan fingerprint density at radius 3 is 2.90 bits per heavy atom. The molecule has 3 aromatic rings. The van der Waals surface area contributed by atoms with Gasteiger partial charge in [-0.15, -0.1) is 11.3 Å². The van der Waals surface area contributed by atoms with E-state index in [9.17, 15) is 13.2 Å². The third-order valence-electron chi connectivity index (χ3n) is 2.92. The van der Waals surface area contributed by atoms with Crippen molar-refractivity contribution in [1.29, 1.82) is 0 Å². The average Bonchev–Trinajstić information content (AvgIpc) is 2.99. The molecule has 0 fully saturated rings. The number of fused-ring (bicyclic) bond motifs is 1. The lowest BCUT2D eigenvalue weighted by atomic mass is 10.2. The lowest BCUT2D eigenvalue weighted by Gasteiger charge is -2.03. The van der Waals surface area contributed by atoms with Crippen molar-refractivity contribution in [2.75, 3.05) is 0 Å². The van der Waals surface area contributed by atoms with E-state index in [2.05, 4.69) is 4.98 Å². The van der Waals surface area contributed by atoms with Crippen LogP contribution in [0.5, 0.6) is 0 Å². The van der Waals surface area contributed by atoms with Crippen LogP contribution in [0.1, 0.15) is 16.1 Å². The summed E-state index contributed by atoms with van der Waals surface area (Å²) in [5.74, 6) is -1.42. The van der Waals surface area contributed by atoms with Crippen LogP contribution in [0.3, 0.4) is 0 Å². The number of hydrogen-bond acceptors (Lipinski definition) is 5. The van der Waals surface area contributed by atoms with Crippen molar-refractivity contribution in [3.8, 4) is 0 Å². The molecule has 0 aliphatic carbocycles. The minimum absolute atomic E-state index is 0.0150. The summed E-state index contributed by atoms with van der Waals surface area (Å²) in [6.45, 7) is 0. The molecule has 8 heteroatoms. The number of hydrogen-bond donors (Lipinski definition) is 1. The van der Waals surface area contributed by atoms with Crippen molar-refractivity contribution in [3.05, 3.63) is 53.3 Å². The molecule has 1 N–H and O–H groups in total. The number of sulfone groups is 1. The zero-order chi connectivity index (χ0) is 15.0. The van der Waals surface area contributed by atoms with E-state index >= 15 is 0 Å². The Morgan fingerprint density at radius 1 is 1.38 bits per heavy atom. The molecule has 0 radical (unpaired) electrons. The van der Waals surface area contributed by atoms with E-state index in [1.807, 2.05) is 5.38 Å². The van der Waals surface area contributed by atoms with Gasteiger partial charge < -0.3 is 5.11 Å². The molecule has 0 saturated carbocycles. The van der Waals surface area contributed by atoms with Gasteiger partial charge in [0.1, 0.15) is 0 Å². The van der Waals surface area contributed by atoms with Gasteiger partial charge in [0, 0.05) is 17.8 Å². The Bertz CT molecular complexity index is 896. The van der Waals surface area contributed by atoms with Crippen LogP contribution in [0, 0.1) is 0 Å². The molecule has 1 aromatic carbocycles. The van der Waals surface area contributed by atoms with E-state index in [0.29, 0.717) is 5.69 Å². The maximum atomic E-state index is 12.3. The molecule has 0 aliphatic rings. The van der Waals surface area contributed by atoms with Gasteiger partial charge in [0.25, 0.3) is 0 Å². The highest BCUT2D eigenvalue weighted by molar-refractivity contribution is 7.90. The zero-order valence-corrected chi connectivity index (χ0v) is 12.3. The third kappa shape index (κ3) is 2.67. The number of nitrogens with zero attached hydrogens (tertiary/aromatic N) is 2. The van der Waals surface area contributed by atoms with Gasteiger partial charge in [-0.2, -0.15) is 0 Å². The summed E-state index contributed by atoms with van der Waals surface area (Å²) in [4.78, 5) is 15.8. The molecule has 0 atom stereocenters. The second kappa shape index (κ2) is 4.97. The third-order valence-corrected chi connectivity index (χ3v) is 5.34. The first-order valence-electron chi connectivity index (χ1n) is 5.93. The second-order valence-corrected chi connectivity index (χ2v) is 7.28. The SMILES string of the molecule is O=C(O)c1cccc(S(=O)(=O)Cc2cn3ccsc3n2)c1. The molecule has 3 rings (SSSR count). The van der Waals surface area contributed by atoms with Crippen molar-refractivity contribution in [3.63, 3.8) is 0 Å². The molecule has 0 bridgehead atoms. The molecule has 2 aromatic heterocycles. The summed E-state index contributed by atoms with van der Waals surface area (Å²) in [5.41, 5.74) is 0.379. The molecular weight excluding hydrogens is 312 g/mol. The number of carbonyl (C=O) groups is 1. The first kappa shape index (κ1) is 13.8. The van der Waals surface area contributed by atoms with Gasteiger partial charge in [-0.05, 0) is 18.2 Å². The summed E-state index contributed by atoms with van der Waals surface area (Å²) in [6, 6.07) is 5.33. The summed E-state index contributed by atoms with van der Waals surface area (Å²) >= 11 is 1.42. The van der Waals surface area contributed by atoms with Crippen LogP contribution < -0.4 is 0 Å². The fourth-order valence-electron chi connectivity index (χ4n) is 1.95. The highest BCUT2D eigenvalue weighted by Crippen LogP contribution is 2.19. The van der Waals surface area contributed by atoms with Crippen LogP contribution in [0.15, 0.2) is 46.9 Å². The number of rotatable bonds is 4. The van der Waals surface area contributed by atoms with Gasteiger partial charge in [0.15, 0.2) is 14.8 Å². The number of aromatic carboxylic acids is 1.